The summed E-state index contributed by atoms with van der Waals surface area (Å²) in [6.07, 6.45) is -1.00. The van der Waals surface area contributed by atoms with Crippen LogP contribution in [0.15, 0.2) is 114 Å². The second kappa shape index (κ2) is 9.68. The van der Waals surface area contributed by atoms with E-state index in [1.54, 1.807) is 53.6 Å². The summed E-state index contributed by atoms with van der Waals surface area (Å²) in [5.41, 5.74) is 2.78. The quantitative estimate of drug-likeness (QED) is 0.256. The van der Waals surface area contributed by atoms with Crippen molar-refractivity contribution in [1.82, 2.24) is 0 Å². The van der Waals surface area contributed by atoms with Gasteiger partial charge in [-0.05, 0) is 66.6 Å². The van der Waals surface area contributed by atoms with Crippen LogP contribution in [0.3, 0.4) is 0 Å². The number of hydrogen-bond donors (Lipinski definition) is 0. The Morgan fingerprint density at radius 3 is 2.05 bits per heavy atom. The minimum Gasteiger partial charge on any atom is -0.379 e. The molecule has 9 heteroatoms. The largest absolute Gasteiger partial charge is 0.379 e. The van der Waals surface area contributed by atoms with Gasteiger partial charge in [0.05, 0.1) is 17.4 Å². The second-order valence-electron chi connectivity index (χ2n) is 9.43. The summed E-state index contributed by atoms with van der Waals surface area (Å²) >= 11 is 0. The summed E-state index contributed by atoms with van der Waals surface area (Å²) in [4.78, 5) is 34.7. The maximum atomic E-state index is 13.8. The average molecular weight is 541 g/mol. The zero-order valence-electron chi connectivity index (χ0n) is 20.9. The molecule has 0 spiro atoms. The molecular formula is C30H24N2O6S. The molecule has 39 heavy (non-hydrogen) atoms. The number of fused-ring (bicyclic) bond motifs is 1. The lowest BCUT2D eigenvalue weighted by atomic mass is 9.90. The van der Waals surface area contributed by atoms with Crippen molar-refractivity contribution in [2.75, 3.05) is 9.96 Å². The number of amides is 2. The Hall–Kier alpha value is -4.47. The van der Waals surface area contributed by atoms with Crippen LogP contribution < -0.4 is 14.1 Å². The number of anilines is 2. The van der Waals surface area contributed by atoms with Crippen LogP contribution in [0.1, 0.15) is 17.2 Å². The summed E-state index contributed by atoms with van der Waals surface area (Å²) < 4.78 is 30.7. The molecule has 2 aliphatic heterocycles. The maximum absolute atomic E-state index is 13.8. The molecule has 3 atom stereocenters. The normalized spacial score (nSPS) is 20.8. The molecule has 0 bridgehead atoms. The minimum atomic E-state index is -4.01. The van der Waals surface area contributed by atoms with Crippen molar-refractivity contribution in [2.45, 2.75) is 24.0 Å². The Morgan fingerprint density at radius 1 is 0.744 bits per heavy atom. The van der Waals surface area contributed by atoms with Gasteiger partial charge in [-0.25, -0.2) is 9.96 Å². The lowest BCUT2D eigenvalue weighted by Crippen LogP contribution is -2.37. The molecule has 0 saturated carbocycles. The van der Waals surface area contributed by atoms with Gasteiger partial charge < -0.3 is 4.18 Å². The van der Waals surface area contributed by atoms with E-state index >= 15 is 0 Å². The Balaban J connectivity index is 1.35. The van der Waals surface area contributed by atoms with Crippen LogP contribution in [0.4, 0.5) is 11.4 Å². The molecular weight excluding hydrogens is 516 g/mol. The third-order valence-corrected chi connectivity index (χ3v) is 8.11. The fourth-order valence-corrected chi connectivity index (χ4v) is 6.01. The topological polar surface area (TPSA) is 93.2 Å². The maximum Gasteiger partial charge on any atom is 0.339 e. The van der Waals surface area contributed by atoms with Gasteiger partial charge >= 0.3 is 10.1 Å². The Morgan fingerprint density at radius 2 is 1.38 bits per heavy atom. The second-order valence-corrected chi connectivity index (χ2v) is 11.0. The third kappa shape index (κ3) is 4.45. The van der Waals surface area contributed by atoms with Gasteiger partial charge in [-0.2, -0.15) is 8.42 Å². The van der Waals surface area contributed by atoms with Gasteiger partial charge in [-0.1, -0.05) is 60.7 Å². The third-order valence-electron chi connectivity index (χ3n) is 6.85. The van der Waals surface area contributed by atoms with Gasteiger partial charge in [0, 0.05) is 0 Å². The highest BCUT2D eigenvalue weighted by Crippen LogP contribution is 2.47. The van der Waals surface area contributed by atoms with Crippen molar-refractivity contribution in [2.24, 2.45) is 5.92 Å². The van der Waals surface area contributed by atoms with E-state index in [1.807, 2.05) is 43.3 Å². The number of carbonyl (C=O) groups excluding carboxylic acids is 2. The monoisotopic (exact) mass is 540 g/mol. The zero-order chi connectivity index (χ0) is 27.1. The highest BCUT2D eigenvalue weighted by Gasteiger charge is 2.60. The fraction of sp³-hybridized carbons (Fsp3) is 0.133. The molecule has 2 saturated heterocycles. The van der Waals surface area contributed by atoms with Crippen LogP contribution in [0.25, 0.3) is 0 Å². The molecule has 0 aliphatic carbocycles. The average Bonchev–Trinajstić information content (AvgIpc) is 3.45. The molecule has 2 amide bonds. The fourth-order valence-electron chi connectivity index (χ4n) is 5.06. The van der Waals surface area contributed by atoms with Crippen LogP contribution >= 0.6 is 0 Å². The highest BCUT2D eigenvalue weighted by molar-refractivity contribution is 7.87. The van der Waals surface area contributed by atoms with E-state index in [1.165, 1.54) is 29.2 Å². The number of aryl methyl sites for hydroxylation is 1. The molecule has 0 radical (unpaired) electrons. The van der Waals surface area contributed by atoms with E-state index in [4.69, 9.17) is 9.02 Å². The van der Waals surface area contributed by atoms with Gasteiger partial charge in [-0.15, -0.1) is 0 Å². The van der Waals surface area contributed by atoms with E-state index in [0.717, 1.165) is 5.56 Å². The van der Waals surface area contributed by atoms with Crippen molar-refractivity contribution in [3.63, 3.8) is 0 Å². The first kappa shape index (κ1) is 24.8. The zero-order valence-corrected chi connectivity index (χ0v) is 21.7. The number of benzene rings is 4. The molecule has 2 heterocycles. The van der Waals surface area contributed by atoms with Crippen molar-refractivity contribution < 1.29 is 27.0 Å². The number of carbonyl (C=O) groups is 2. The highest BCUT2D eigenvalue weighted by atomic mass is 32.2. The minimum absolute atomic E-state index is 0.0441. The van der Waals surface area contributed by atoms with E-state index in [9.17, 15) is 18.0 Å². The number of hydrogen-bond acceptors (Lipinski definition) is 7. The van der Waals surface area contributed by atoms with Crippen molar-refractivity contribution in [3.8, 4) is 5.75 Å². The Bertz CT molecular complexity index is 1640. The van der Waals surface area contributed by atoms with Crippen LogP contribution in [0, 0.1) is 12.8 Å². The van der Waals surface area contributed by atoms with E-state index in [-0.39, 0.29) is 16.6 Å². The lowest BCUT2D eigenvalue weighted by molar-refractivity contribution is -0.126. The smallest absolute Gasteiger partial charge is 0.339 e. The van der Waals surface area contributed by atoms with Crippen LogP contribution in [-0.4, -0.2) is 26.3 Å². The first-order chi connectivity index (χ1) is 18.8. The van der Waals surface area contributed by atoms with E-state index < -0.39 is 34.1 Å². The summed E-state index contributed by atoms with van der Waals surface area (Å²) in [5.74, 6) is -1.46. The predicted octanol–water partition coefficient (Wildman–Crippen LogP) is 4.81. The SMILES string of the molecule is Cc1cccc(N2C(=O)[C@H]3[C@@H](c4ccc(OS(=O)(=O)c5ccccc5)cc4)N(c4ccccc4)O[C@H]3C2=O)c1. The molecule has 0 aromatic heterocycles. The molecule has 8 nitrogen and oxygen atoms in total. The molecule has 196 valence electrons. The molecule has 0 N–H and O–H groups in total. The summed E-state index contributed by atoms with van der Waals surface area (Å²) in [6.45, 7) is 1.90. The van der Waals surface area contributed by atoms with Crippen molar-refractivity contribution in [3.05, 3.63) is 120 Å². The molecule has 4 aromatic carbocycles. The summed E-state index contributed by atoms with van der Waals surface area (Å²) in [5, 5.41) is 1.59. The van der Waals surface area contributed by atoms with Gasteiger partial charge in [0.2, 0.25) is 5.91 Å². The van der Waals surface area contributed by atoms with E-state index in [2.05, 4.69) is 0 Å². The van der Waals surface area contributed by atoms with Crippen molar-refractivity contribution >= 4 is 33.3 Å². The number of nitrogens with zero attached hydrogens (tertiary/aromatic N) is 2. The molecule has 2 fully saturated rings. The van der Waals surface area contributed by atoms with Crippen LogP contribution in [0.5, 0.6) is 5.75 Å². The Labute approximate surface area is 226 Å². The summed E-state index contributed by atoms with van der Waals surface area (Å²) in [7, 11) is -4.01. The van der Waals surface area contributed by atoms with E-state index in [0.29, 0.717) is 16.9 Å². The molecule has 6 rings (SSSR count). The van der Waals surface area contributed by atoms with Gasteiger partial charge in [0.1, 0.15) is 16.6 Å². The number of hydroxylamine groups is 1. The van der Waals surface area contributed by atoms with Gasteiger partial charge in [0.25, 0.3) is 5.91 Å². The standard InChI is InChI=1S/C30H24N2O6S/c1-20-9-8-12-23(19-20)31-29(33)26-27(32(37-28(26)30(31)34)22-10-4-2-5-11-22)21-15-17-24(18-16-21)38-39(35,36)25-13-6-3-7-14-25/h2-19,26-28H,1H3/t26-,27+,28+/m0/s1. The lowest BCUT2D eigenvalue weighted by Gasteiger charge is -2.29. The van der Waals surface area contributed by atoms with Crippen LogP contribution in [0.2, 0.25) is 0 Å². The Kier molecular flexibility index (Phi) is 6.17. The molecule has 2 aliphatic rings. The van der Waals surface area contributed by atoms with Crippen molar-refractivity contribution in [1.29, 1.82) is 0 Å². The first-order valence-electron chi connectivity index (χ1n) is 12.4. The molecule has 0 unspecified atom stereocenters. The number of rotatable bonds is 6. The van der Waals surface area contributed by atoms with Gasteiger partial charge in [-0.3, -0.25) is 14.4 Å². The first-order valence-corrected chi connectivity index (χ1v) is 13.8. The van der Waals surface area contributed by atoms with Crippen LogP contribution in [-0.2, 0) is 24.5 Å². The predicted molar refractivity (Wildman–Crippen MR) is 144 cm³/mol. The molecule has 4 aromatic rings. The van der Waals surface area contributed by atoms with Gasteiger partial charge in [0.15, 0.2) is 6.10 Å². The number of para-hydroxylation sites is 1. The summed E-state index contributed by atoms with van der Waals surface area (Å²) in [6, 6.07) is 30.1. The number of imide groups is 1.